The summed E-state index contributed by atoms with van der Waals surface area (Å²) in [5.41, 5.74) is 0.921. The number of rotatable bonds is 7. The third-order valence-electron chi connectivity index (χ3n) is 3.15. The van der Waals surface area contributed by atoms with Crippen molar-refractivity contribution in [1.29, 1.82) is 0 Å². The van der Waals surface area contributed by atoms with E-state index < -0.39 is 6.43 Å². The molecule has 0 radical (unpaired) electrons. The Morgan fingerprint density at radius 3 is 2.76 bits per heavy atom. The van der Waals surface area contributed by atoms with Gasteiger partial charge in [0.05, 0.1) is 13.3 Å². The van der Waals surface area contributed by atoms with E-state index in [0.29, 0.717) is 23.5 Å². The summed E-state index contributed by atoms with van der Waals surface area (Å²) >= 11 is 0. The molecule has 0 saturated heterocycles. The molecular weight excluding hydrogens is 276 g/mol. The highest BCUT2D eigenvalue weighted by Crippen LogP contribution is 2.29. The van der Waals surface area contributed by atoms with E-state index >= 15 is 0 Å². The Bertz CT molecular complexity index is 584. The first kappa shape index (κ1) is 15.4. The summed E-state index contributed by atoms with van der Waals surface area (Å²) in [4.78, 5) is 0. The van der Waals surface area contributed by atoms with E-state index in [4.69, 9.17) is 4.74 Å². The summed E-state index contributed by atoms with van der Waals surface area (Å²) in [6.45, 7) is 3.18. The van der Waals surface area contributed by atoms with Gasteiger partial charge in [-0.15, -0.1) is 0 Å². The molecule has 0 atom stereocenters. The second-order valence-electron chi connectivity index (χ2n) is 4.62. The number of benzene rings is 1. The molecule has 0 aliphatic heterocycles. The van der Waals surface area contributed by atoms with Crippen LogP contribution in [0.3, 0.4) is 0 Å². The van der Waals surface area contributed by atoms with Gasteiger partial charge in [0.1, 0.15) is 17.1 Å². The minimum Gasteiger partial charge on any atom is -0.494 e. The van der Waals surface area contributed by atoms with Crippen molar-refractivity contribution in [2.75, 3.05) is 13.7 Å². The SMILES string of the molecule is CCCNCc1cnn(-c2ccccc2OC)c1C(F)F. The lowest BCUT2D eigenvalue weighted by atomic mass is 10.2. The summed E-state index contributed by atoms with van der Waals surface area (Å²) in [7, 11) is 1.51. The van der Waals surface area contributed by atoms with Gasteiger partial charge in [0.25, 0.3) is 6.43 Å². The van der Waals surface area contributed by atoms with Gasteiger partial charge in [-0.05, 0) is 25.1 Å². The van der Waals surface area contributed by atoms with Crippen molar-refractivity contribution in [3.63, 3.8) is 0 Å². The average molecular weight is 295 g/mol. The third kappa shape index (κ3) is 3.39. The molecule has 6 heteroatoms. The Morgan fingerprint density at radius 1 is 1.33 bits per heavy atom. The molecule has 1 aromatic heterocycles. The van der Waals surface area contributed by atoms with Crippen LogP contribution in [0.1, 0.15) is 31.0 Å². The minimum atomic E-state index is -2.60. The molecular formula is C15H19F2N3O. The Hall–Kier alpha value is -1.95. The molecule has 0 amide bonds. The van der Waals surface area contributed by atoms with E-state index in [0.717, 1.165) is 13.0 Å². The lowest BCUT2D eigenvalue weighted by Crippen LogP contribution is -2.15. The molecule has 1 aromatic carbocycles. The van der Waals surface area contributed by atoms with E-state index in [2.05, 4.69) is 10.4 Å². The summed E-state index contributed by atoms with van der Waals surface area (Å²) in [5.74, 6) is 0.510. The zero-order valence-electron chi connectivity index (χ0n) is 12.1. The summed E-state index contributed by atoms with van der Waals surface area (Å²) in [5, 5.41) is 7.23. The van der Waals surface area contributed by atoms with Crippen LogP contribution in [-0.4, -0.2) is 23.4 Å². The molecule has 0 saturated carbocycles. The van der Waals surface area contributed by atoms with Crippen LogP contribution in [0.25, 0.3) is 5.69 Å². The highest BCUT2D eigenvalue weighted by molar-refractivity contribution is 5.47. The third-order valence-corrected chi connectivity index (χ3v) is 3.15. The number of nitrogens with one attached hydrogen (secondary N) is 1. The topological polar surface area (TPSA) is 39.1 Å². The van der Waals surface area contributed by atoms with Crippen LogP contribution in [0, 0.1) is 0 Å². The van der Waals surface area contributed by atoms with E-state index in [-0.39, 0.29) is 5.69 Å². The van der Waals surface area contributed by atoms with Crippen molar-refractivity contribution in [3.05, 3.63) is 41.7 Å². The van der Waals surface area contributed by atoms with Crippen molar-refractivity contribution in [2.45, 2.75) is 26.3 Å². The van der Waals surface area contributed by atoms with Gasteiger partial charge in [-0.1, -0.05) is 19.1 Å². The van der Waals surface area contributed by atoms with Crippen LogP contribution >= 0.6 is 0 Å². The lowest BCUT2D eigenvalue weighted by Gasteiger charge is -2.12. The van der Waals surface area contributed by atoms with Crippen LogP contribution in [0.5, 0.6) is 5.75 Å². The predicted molar refractivity (Wildman–Crippen MR) is 77.1 cm³/mol. The van der Waals surface area contributed by atoms with E-state index in [1.54, 1.807) is 24.3 Å². The Balaban J connectivity index is 2.39. The summed E-state index contributed by atoms with van der Waals surface area (Å²) in [6, 6.07) is 6.99. The fourth-order valence-electron chi connectivity index (χ4n) is 2.16. The largest absolute Gasteiger partial charge is 0.494 e. The zero-order chi connectivity index (χ0) is 15.2. The molecule has 1 N–H and O–H groups in total. The van der Waals surface area contributed by atoms with Crippen LogP contribution in [0.15, 0.2) is 30.5 Å². The van der Waals surface area contributed by atoms with Crippen molar-refractivity contribution in [3.8, 4) is 11.4 Å². The summed E-state index contributed by atoms with van der Waals surface area (Å²) < 4.78 is 33.3. The van der Waals surface area contributed by atoms with Gasteiger partial charge in [0, 0.05) is 12.1 Å². The normalized spacial score (nSPS) is 11.1. The van der Waals surface area contributed by atoms with Gasteiger partial charge in [0.2, 0.25) is 0 Å². The van der Waals surface area contributed by atoms with E-state index in [1.807, 2.05) is 6.92 Å². The molecule has 2 rings (SSSR count). The number of halogens is 2. The van der Waals surface area contributed by atoms with Crippen LogP contribution in [-0.2, 0) is 6.54 Å². The second-order valence-corrected chi connectivity index (χ2v) is 4.62. The van der Waals surface area contributed by atoms with Gasteiger partial charge in [0.15, 0.2) is 0 Å². The van der Waals surface area contributed by atoms with Crippen LogP contribution in [0.4, 0.5) is 8.78 Å². The Morgan fingerprint density at radius 2 is 2.10 bits per heavy atom. The van der Waals surface area contributed by atoms with Crippen molar-refractivity contribution >= 4 is 0 Å². The van der Waals surface area contributed by atoms with Gasteiger partial charge < -0.3 is 10.1 Å². The molecule has 0 unspecified atom stereocenters. The quantitative estimate of drug-likeness (QED) is 0.796. The van der Waals surface area contributed by atoms with Crippen molar-refractivity contribution < 1.29 is 13.5 Å². The van der Waals surface area contributed by atoms with Crippen LogP contribution in [0.2, 0.25) is 0 Å². The first-order valence-corrected chi connectivity index (χ1v) is 6.88. The standard InChI is InChI=1S/C15H19F2N3O/c1-3-8-18-9-11-10-19-20(14(11)15(16)17)12-6-4-5-7-13(12)21-2/h4-7,10,15,18H,3,8-9H2,1-2H3. The molecule has 0 fully saturated rings. The van der Waals surface area contributed by atoms with Gasteiger partial charge in [-0.25, -0.2) is 13.5 Å². The van der Waals surface area contributed by atoms with Crippen molar-refractivity contribution in [2.24, 2.45) is 0 Å². The molecule has 0 bridgehead atoms. The van der Waals surface area contributed by atoms with Gasteiger partial charge in [-0.2, -0.15) is 5.10 Å². The maximum atomic E-state index is 13.4. The number of ether oxygens (including phenoxy) is 1. The zero-order valence-corrected chi connectivity index (χ0v) is 12.1. The molecule has 0 spiro atoms. The number of aromatic nitrogens is 2. The highest BCUT2D eigenvalue weighted by Gasteiger charge is 2.22. The molecule has 0 aliphatic carbocycles. The first-order valence-electron chi connectivity index (χ1n) is 6.88. The molecule has 0 aliphatic rings. The molecule has 21 heavy (non-hydrogen) atoms. The molecule has 1 heterocycles. The number of nitrogens with zero attached hydrogens (tertiary/aromatic N) is 2. The molecule has 2 aromatic rings. The Kier molecular flexibility index (Phi) is 5.27. The van der Waals surface area contributed by atoms with E-state index in [1.165, 1.54) is 18.0 Å². The maximum absolute atomic E-state index is 13.4. The lowest BCUT2D eigenvalue weighted by molar-refractivity contribution is 0.141. The number of hydrogen-bond donors (Lipinski definition) is 1. The second kappa shape index (κ2) is 7.17. The fraction of sp³-hybridized carbons (Fsp3) is 0.400. The summed E-state index contributed by atoms with van der Waals surface area (Å²) in [6.07, 6.45) is -0.169. The smallest absolute Gasteiger partial charge is 0.280 e. The molecule has 114 valence electrons. The van der Waals surface area contributed by atoms with Crippen molar-refractivity contribution in [1.82, 2.24) is 15.1 Å². The van der Waals surface area contributed by atoms with E-state index in [9.17, 15) is 8.78 Å². The highest BCUT2D eigenvalue weighted by atomic mass is 19.3. The fourth-order valence-corrected chi connectivity index (χ4v) is 2.16. The number of alkyl halides is 2. The first-order chi connectivity index (χ1) is 10.2. The van der Waals surface area contributed by atoms with Gasteiger partial charge >= 0.3 is 0 Å². The van der Waals surface area contributed by atoms with Gasteiger partial charge in [-0.3, -0.25) is 0 Å². The number of para-hydroxylation sites is 2. The number of methoxy groups -OCH3 is 1. The number of hydrogen-bond acceptors (Lipinski definition) is 3. The Labute approximate surface area is 122 Å². The molecule has 4 nitrogen and oxygen atoms in total. The maximum Gasteiger partial charge on any atom is 0.280 e. The van der Waals surface area contributed by atoms with Crippen LogP contribution < -0.4 is 10.1 Å². The average Bonchev–Trinajstić information content (AvgIpc) is 2.91. The minimum absolute atomic E-state index is 0.0943. The monoisotopic (exact) mass is 295 g/mol. The predicted octanol–water partition coefficient (Wildman–Crippen LogP) is 3.32.